The van der Waals surface area contributed by atoms with Gasteiger partial charge in [0.05, 0.1) is 18.0 Å². The summed E-state index contributed by atoms with van der Waals surface area (Å²) in [4.78, 5) is 31.4. The van der Waals surface area contributed by atoms with Crippen molar-refractivity contribution in [3.63, 3.8) is 0 Å². The zero-order chi connectivity index (χ0) is 55.0. The monoisotopic (exact) mass is 1600 g/mol. The van der Waals surface area contributed by atoms with Crippen LogP contribution in [0.15, 0.2) is 73.1 Å². The first-order valence-electron chi connectivity index (χ1n) is 19.0. The van der Waals surface area contributed by atoms with Gasteiger partial charge in [-0.3, -0.25) is 0 Å². The Morgan fingerprint density at radius 3 is 1.12 bits per heavy atom. The van der Waals surface area contributed by atoms with Crippen LogP contribution in [-0.4, -0.2) is 46.7 Å². The number of aromatic carboxylic acids is 1. The number of ether oxygens (including phenoxy) is 1. The van der Waals surface area contributed by atoms with Gasteiger partial charge in [-0.15, -0.1) is 0 Å². The highest BCUT2D eigenvalue weighted by Gasteiger charge is 2.15. The van der Waals surface area contributed by atoms with Crippen molar-refractivity contribution in [1.82, 2.24) is 9.97 Å². The molecule has 43 heteroatoms. The number of benzene rings is 2. The summed E-state index contributed by atoms with van der Waals surface area (Å²) in [6.07, 6.45) is 4.52. The minimum Gasteiger partial charge on any atom is -0.478 e. The first-order chi connectivity index (χ1) is 36.6. The number of nitrogens with zero attached hydrogens (tertiary/aromatic N) is 2. The lowest BCUT2D eigenvalue weighted by molar-refractivity contribution is 0.0526. The average molecular weight is 1600 g/mol. The maximum atomic E-state index is 13.2. The van der Waals surface area contributed by atoms with Crippen molar-refractivity contribution in [1.29, 1.82) is 0 Å². The number of anilines is 6. The second-order valence-corrected chi connectivity index (χ2v) is 59.0. The molecule has 75 heavy (non-hydrogen) atoms. The second-order valence-electron chi connectivity index (χ2n) is 11.2. The molecule has 0 aliphatic heterocycles. The van der Waals surface area contributed by atoms with Gasteiger partial charge < -0.3 is 31.1 Å². The van der Waals surface area contributed by atoms with Gasteiger partial charge in [-0.1, -0.05) is 26.0 Å². The Hall–Kier alpha value is 1.56. The molecule has 4 rings (SSSR count). The standard InChI is InChI=1S/C17H20FN3O2.C15H16FN3O2.S16.S15/c1-3-8-19-15-10-16(20-11-14(15)17(22)23-4-2)21-13-7-5-6-12(18)9-13;1-2-6-17-13-8-14(18-9-12(13)15(20)21)19-11-5-3-4-10(16)7-11;1-3-5-7-9-11-13-15-16-14-12-10-8-6-4-2;1-3-5-7-9-11-13-15-14-12-10-8-6-4-2/h5-7,9-11H,3-4,8H2,1-2H3,(H2,19,20,21);3-5,7-9H,2,6H2,1H3,(H,20,21)(H2,17,18,19);;. The molecule has 2 aromatic heterocycles. The molecule has 0 radical (unpaired) electrons. The van der Waals surface area contributed by atoms with E-state index < -0.39 is 11.9 Å². The van der Waals surface area contributed by atoms with Crippen LogP contribution in [0.25, 0.3) is 0 Å². The number of rotatable bonds is 13. The Morgan fingerprint density at radius 1 is 0.507 bits per heavy atom. The number of halogens is 2. The number of hydrogen-bond acceptors (Lipinski definition) is 13. The number of carboxylic acids is 1. The molecular weight excluding hydrogens is 1560 g/mol. The summed E-state index contributed by atoms with van der Waals surface area (Å²) in [5, 5.41) is 21.3. The van der Waals surface area contributed by atoms with Crippen LogP contribution in [0.5, 0.6) is 0 Å². The molecule has 0 aliphatic rings. The highest BCUT2D eigenvalue weighted by atomic mass is 33.5. The summed E-state index contributed by atoms with van der Waals surface area (Å²) in [5.41, 5.74) is 2.74. The van der Waals surface area contributed by atoms with E-state index in [2.05, 4.69) is 31.2 Å². The molecule has 418 valence electrons. The Balaban J connectivity index is 0.000000509. The molecule has 2 heterocycles. The van der Waals surface area contributed by atoms with Gasteiger partial charge in [0.25, 0.3) is 0 Å². The number of hydrogen-bond donors (Lipinski definition) is 5. The SMILES string of the molecule is CCCNc1cc(Nc2cccc(F)c2)ncc1C(=O)O.CCCNc1cc(Nc2cccc(F)c2)ncc1C(=O)OCC.S=S=S=S=S=S=S=S=S=S=S=S=S=S=S.S=S=S=S=S=S=S=S=S=S=S=S=S=S=S=S. The van der Waals surface area contributed by atoms with E-state index in [4.69, 9.17) is 54.6 Å². The van der Waals surface area contributed by atoms with Gasteiger partial charge in [0.2, 0.25) is 0 Å². The molecular formula is C32H36F2N6O4S31. The third kappa shape index (κ3) is 41.2. The smallest absolute Gasteiger partial charge is 0.341 e. The largest absolute Gasteiger partial charge is 0.478 e. The topological polar surface area (TPSA) is 138 Å². The normalized spacial score (nSPS) is 8.97. The van der Waals surface area contributed by atoms with Crippen LogP contribution in [0.2, 0.25) is 0 Å². The number of carbonyl (C=O) groups excluding carboxylic acids is 1. The molecule has 10 nitrogen and oxygen atoms in total. The van der Waals surface area contributed by atoms with Crippen LogP contribution in [0, 0.1) is 11.6 Å². The zero-order valence-electron chi connectivity index (χ0n) is 37.4. The molecule has 5 N–H and O–H groups in total. The molecule has 0 amide bonds. The van der Waals surface area contributed by atoms with E-state index in [1.165, 1.54) is 72.2 Å². The first kappa shape index (κ1) is 74.6. The molecule has 2 aromatic carbocycles. The van der Waals surface area contributed by atoms with Crippen molar-refractivity contribution >= 4 is 331 Å². The van der Waals surface area contributed by atoms with E-state index in [-0.39, 0.29) is 17.2 Å². The molecule has 0 saturated carbocycles. The number of carbonyl (C=O) groups is 2. The molecule has 0 saturated heterocycles. The van der Waals surface area contributed by atoms with Crippen molar-refractivity contribution in [2.24, 2.45) is 0 Å². The summed E-state index contributed by atoms with van der Waals surface area (Å²) in [7, 11) is 45.3. The van der Waals surface area contributed by atoms with E-state index in [1.807, 2.05) is 13.8 Å². The maximum absolute atomic E-state index is 13.2. The number of nitrogens with one attached hydrogen (secondary N) is 4. The highest BCUT2D eigenvalue weighted by Crippen LogP contribution is 2.24. The number of pyridine rings is 2. The van der Waals surface area contributed by atoms with Crippen LogP contribution < -0.4 is 21.3 Å². The number of carboxylic acid groups (broad SMARTS) is 1. The number of esters is 1. The molecule has 0 bridgehead atoms. The fourth-order valence-electron chi connectivity index (χ4n) is 4.09. The molecule has 0 unspecified atom stereocenters. The first-order valence-corrected chi connectivity index (χ1v) is 57.7. The van der Waals surface area contributed by atoms with E-state index >= 15 is 0 Å². The quantitative estimate of drug-likeness (QED) is 0.0853. The van der Waals surface area contributed by atoms with Gasteiger partial charge in [-0.25, -0.2) is 28.3 Å². The van der Waals surface area contributed by atoms with E-state index in [0.717, 1.165) is 19.4 Å². The van der Waals surface area contributed by atoms with Gasteiger partial charge in [-0.05, 0) is 56.2 Å². The molecule has 0 spiro atoms. The van der Waals surface area contributed by atoms with Gasteiger partial charge in [0.15, 0.2) is 0 Å². The van der Waals surface area contributed by atoms with Crippen molar-refractivity contribution in [3.05, 3.63) is 95.8 Å². The Kier molecular flexibility index (Phi) is 53.3. The highest BCUT2D eigenvalue weighted by molar-refractivity contribution is 8.78. The van der Waals surface area contributed by atoms with Crippen LogP contribution in [0.1, 0.15) is 54.3 Å². The van der Waals surface area contributed by atoms with Gasteiger partial charge >= 0.3 is 11.9 Å². The van der Waals surface area contributed by atoms with Gasteiger partial charge in [0.1, 0.15) is 34.4 Å². The predicted octanol–water partition coefficient (Wildman–Crippen LogP) is 7.37. The van der Waals surface area contributed by atoms with Crippen molar-refractivity contribution in [3.8, 4) is 0 Å². The summed E-state index contributed by atoms with van der Waals surface area (Å²) in [6.45, 7) is 7.45. The van der Waals surface area contributed by atoms with Crippen LogP contribution in [0.4, 0.5) is 43.2 Å². The van der Waals surface area contributed by atoms with Gasteiger partial charge in [-0.2, -0.15) is 0 Å². The minimum atomic E-state index is -1.04. The fourth-order valence-corrected chi connectivity index (χ4v) is 67.2. The zero-order valence-corrected chi connectivity index (χ0v) is 62.8. The Bertz CT molecular complexity index is 3720. The Morgan fingerprint density at radius 2 is 0.827 bits per heavy atom. The van der Waals surface area contributed by atoms with Crippen molar-refractivity contribution < 1.29 is 28.2 Å². The summed E-state index contributed by atoms with van der Waals surface area (Å²) >= 11 is 18.9. The lowest BCUT2D eigenvalue weighted by atomic mass is 10.2. The summed E-state index contributed by atoms with van der Waals surface area (Å²) < 4.78 is 31.4. The van der Waals surface area contributed by atoms with E-state index in [9.17, 15) is 18.4 Å². The van der Waals surface area contributed by atoms with Crippen molar-refractivity contribution in [2.45, 2.75) is 33.6 Å². The molecule has 0 atom stereocenters. The Labute approximate surface area is 530 Å². The average Bonchev–Trinajstić information content (AvgIpc) is 3.40. The lowest BCUT2D eigenvalue weighted by Crippen LogP contribution is -2.11. The number of aromatic nitrogens is 2. The summed E-state index contributed by atoms with van der Waals surface area (Å²) in [5.74, 6) is -1.19. The van der Waals surface area contributed by atoms with Crippen LogP contribution in [0.3, 0.4) is 0 Å². The fraction of sp³-hybridized carbons (Fsp3) is 0.250. The third-order valence-corrected chi connectivity index (χ3v) is 62.1. The van der Waals surface area contributed by atoms with Crippen LogP contribution >= 0.6 is 0 Å². The summed E-state index contributed by atoms with van der Waals surface area (Å²) in [6, 6.07) is 15.4. The van der Waals surface area contributed by atoms with E-state index in [1.54, 1.807) is 248 Å². The predicted molar refractivity (Wildman–Crippen MR) is 397 cm³/mol. The minimum absolute atomic E-state index is 0.105. The maximum Gasteiger partial charge on any atom is 0.341 e. The molecule has 0 fully saturated rings. The molecule has 4 aromatic rings. The lowest BCUT2D eigenvalue weighted by Gasteiger charge is -2.13. The van der Waals surface area contributed by atoms with E-state index in [0.29, 0.717) is 53.1 Å². The van der Waals surface area contributed by atoms with Crippen molar-refractivity contribution in [2.75, 3.05) is 41.0 Å². The second kappa shape index (κ2) is 53.6. The molecule has 0 aliphatic carbocycles. The van der Waals surface area contributed by atoms with Gasteiger partial charge in [0, 0.05) is 334 Å². The van der Waals surface area contributed by atoms with Crippen LogP contribution in [-0.2, 0) is 289 Å². The third-order valence-electron chi connectivity index (χ3n) is 6.55.